The molecule has 0 atom stereocenters. The van der Waals surface area contributed by atoms with Crippen LogP contribution in [0.2, 0.25) is 0 Å². The average Bonchev–Trinajstić information content (AvgIpc) is 3.50. The van der Waals surface area contributed by atoms with E-state index in [1.807, 2.05) is 31.2 Å². The monoisotopic (exact) mass is 484 g/mol. The maximum absolute atomic E-state index is 12.8. The summed E-state index contributed by atoms with van der Waals surface area (Å²) >= 11 is 0. The molecule has 3 heterocycles. The van der Waals surface area contributed by atoms with Crippen LogP contribution in [0.5, 0.6) is 0 Å². The second-order valence-corrected chi connectivity index (χ2v) is 8.48. The molecule has 5 rings (SSSR count). The lowest BCUT2D eigenvalue weighted by molar-refractivity contribution is -0.137. The number of alkyl halides is 3. The zero-order valence-electron chi connectivity index (χ0n) is 19.0. The topological polar surface area (TPSA) is 89.0 Å². The Morgan fingerprint density at radius 2 is 1.54 bits per heavy atom. The van der Waals surface area contributed by atoms with Gasteiger partial charge in [-0.3, -0.25) is 9.80 Å². The number of hydrogen-bond donors (Lipinski definition) is 0. The third-order valence-corrected chi connectivity index (χ3v) is 5.94. The van der Waals surface area contributed by atoms with E-state index in [0.29, 0.717) is 36.3 Å². The van der Waals surface area contributed by atoms with Crippen LogP contribution in [-0.4, -0.2) is 66.3 Å². The molecule has 1 aliphatic heterocycles. The molecule has 0 bridgehead atoms. The van der Waals surface area contributed by atoms with Crippen LogP contribution in [0, 0.1) is 6.92 Å². The highest BCUT2D eigenvalue weighted by atomic mass is 19.4. The van der Waals surface area contributed by atoms with Gasteiger partial charge in [0.25, 0.3) is 0 Å². The van der Waals surface area contributed by atoms with Gasteiger partial charge in [0.2, 0.25) is 11.7 Å². The zero-order chi connectivity index (χ0) is 24.4. The standard InChI is InChI=1S/C23H23F3N8O/c1-16-2-4-17(5-3-16)22-27-21(35-29-22)15-33-12-10-32(11-13-33)14-20-28-30-31-34(20)19-8-6-18(7-9-19)23(24,25)26/h2-9H,10-15H2,1H3. The summed E-state index contributed by atoms with van der Waals surface area (Å²) in [6.45, 7) is 6.22. The minimum atomic E-state index is -4.38. The fourth-order valence-corrected chi connectivity index (χ4v) is 3.93. The number of piperazine rings is 1. The van der Waals surface area contributed by atoms with Crippen LogP contribution in [0.15, 0.2) is 53.1 Å². The second-order valence-electron chi connectivity index (χ2n) is 8.48. The first-order valence-corrected chi connectivity index (χ1v) is 11.1. The predicted molar refractivity (Wildman–Crippen MR) is 119 cm³/mol. The Kier molecular flexibility index (Phi) is 6.31. The molecular weight excluding hydrogens is 461 g/mol. The van der Waals surface area contributed by atoms with Crippen molar-refractivity contribution in [3.8, 4) is 17.1 Å². The van der Waals surface area contributed by atoms with E-state index >= 15 is 0 Å². The van der Waals surface area contributed by atoms with Crippen LogP contribution in [0.4, 0.5) is 13.2 Å². The molecule has 1 saturated heterocycles. The van der Waals surface area contributed by atoms with Gasteiger partial charge < -0.3 is 4.52 Å². The molecule has 12 heteroatoms. The largest absolute Gasteiger partial charge is 0.416 e. The summed E-state index contributed by atoms with van der Waals surface area (Å²) in [4.78, 5) is 8.96. The highest BCUT2D eigenvalue weighted by molar-refractivity contribution is 5.54. The van der Waals surface area contributed by atoms with Crippen LogP contribution >= 0.6 is 0 Å². The average molecular weight is 484 g/mol. The third-order valence-electron chi connectivity index (χ3n) is 5.94. The minimum Gasteiger partial charge on any atom is -0.338 e. The lowest BCUT2D eigenvalue weighted by Crippen LogP contribution is -2.45. The number of rotatable bonds is 6. The SMILES string of the molecule is Cc1ccc(-c2noc(CN3CCN(Cc4nnnn4-c4ccc(C(F)(F)F)cc4)CC3)n2)cc1. The second kappa shape index (κ2) is 9.55. The van der Waals surface area contributed by atoms with Gasteiger partial charge in [-0.05, 0) is 41.6 Å². The van der Waals surface area contributed by atoms with E-state index in [1.54, 1.807) is 0 Å². The molecule has 0 aliphatic carbocycles. The molecular formula is C23H23F3N8O. The minimum absolute atomic E-state index is 0.484. The van der Waals surface area contributed by atoms with Crippen molar-refractivity contribution in [3.05, 3.63) is 71.4 Å². The van der Waals surface area contributed by atoms with Gasteiger partial charge in [-0.15, -0.1) is 5.10 Å². The van der Waals surface area contributed by atoms with Gasteiger partial charge >= 0.3 is 6.18 Å². The Labute approximate surface area is 199 Å². The maximum atomic E-state index is 12.8. The van der Waals surface area contributed by atoms with Crippen molar-refractivity contribution in [2.75, 3.05) is 26.2 Å². The fourth-order valence-electron chi connectivity index (χ4n) is 3.93. The predicted octanol–water partition coefficient (Wildman–Crippen LogP) is 3.36. The molecule has 9 nitrogen and oxygen atoms in total. The Hall–Kier alpha value is -3.64. The van der Waals surface area contributed by atoms with Crippen molar-refractivity contribution in [2.24, 2.45) is 0 Å². The number of aryl methyl sites for hydroxylation is 1. The van der Waals surface area contributed by atoms with Crippen molar-refractivity contribution in [1.82, 2.24) is 40.1 Å². The first kappa shape index (κ1) is 23.1. The van der Waals surface area contributed by atoms with E-state index in [2.05, 4.69) is 35.5 Å². The summed E-state index contributed by atoms with van der Waals surface area (Å²) in [6, 6.07) is 12.8. The summed E-state index contributed by atoms with van der Waals surface area (Å²) in [7, 11) is 0. The van der Waals surface area contributed by atoms with Gasteiger partial charge in [0, 0.05) is 31.7 Å². The molecule has 4 aromatic rings. The van der Waals surface area contributed by atoms with Gasteiger partial charge in [-0.1, -0.05) is 35.0 Å². The molecule has 0 unspecified atom stereocenters. The van der Waals surface area contributed by atoms with Gasteiger partial charge in [-0.2, -0.15) is 22.8 Å². The van der Waals surface area contributed by atoms with Gasteiger partial charge in [0.15, 0.2) is 5.82 Å². The lowest BCUT2D eigenvalue weighted by atomic mass is 10.1. The fraction of sp³-hybridized carbons (Fsp3) is 0.348. The number of nitrogens with zero attached hydrogens (tertiary/aromatic N) is 8. The van der Waals surface area contributed by atoms with Gasteiger partial charge in [0.1, 0.15) is 0 Å². The molecule has 1 fully saturated rings. The molecule has 35 heavy (non-hydrogen) atoms. The molecule has 0 saturated carbocycles. The lowest BCUT2D eigenvalue weighted by Gasteiger charge is -2.33. The van der Waals surface area contributed by atoms with Crippen LogP contribution in [-0.2, 0) is 19.3 Å². The first-order chi connectivity index (χ1) is 16.8. The third kappa shape index (κ3) is 5.38. The molecule has 1 aliphatic rings. The van der Waals surface area contributed by atoms with E-state index in [0.717, 1.165) is 43.9 Å². The Bertz CT molecular complexity index is 1260. The van der Waals surface area contributed by atoms with Crippen molar-refractivity contribution >= 4 is 0 Å². The number of halogens is 3. The summed E-state index contributed by atoms with van der Waals surface area (Å²) in [6.07, 6.45) is -4.38. The number of aromatic nitrogens is 6. The summed E-state index contributed by atoms with van der Waals surface area (Å²) in [5, 5.41) is 15.8. The van der Waals surface area contributed by atoms with Crippen LogP contribution in [0.3, 0.4) is 0 Å². The zero-order valence-corrected chi connectivity index (χ0v) is 19.0. The molecule has 2 aromatic heterocycles. The number of benzene rings is 2. The van der Waals surface area contributed by atoms with E-state index in [1.165, 1.54) is 22.4 Å². The maximum Gasteiger partial charge on any atom is 0.416 e. The van der Waals surface area contributed by atoms with E-state index in [4.69, 9.17) is 4.52 Å². The molecule has 0 radical (unpaired) electrons. The molecule has 182 valence electrons. The van der Waals surface area contributed by atoms with Crippen LogP contribution in [0.1, 0.15) is 22.8 Å². The highest BCUT2D eigenvalue weighted by Crippen LogP contribution is 2.29. The number of tetrazole rings is 1. The van der Waals surface area contributed by atoms with Crippen LogP contribution < -0.4 is 0 Å². The van der Waals surface area contributed by atoms with E-state index in [9.17, 15) is 13.2 Å². The van der Waals surface area contributed by atoms with Gasteiger partial charge in [-0.25, -0.2) is 0 Å². The van der Waals surface area contributed by atoms with E-state index < -0.39 is 11.7 Å². The van der Waals surface area contributed by atoms with Gasteiger partial charge in [0.05, 0.1) is 24.3 Å². The first-order valence-electron chi connectivity index (χ1n) is 11.1. The van der Waals surface area contributed by atoms with Crippen LogP contribution in [0.25, 0.3) is 17.1 Å². The van der Waals surface area contributed by atoms with Crippen molar-refractivity contribution in [1.29, 1.82) is 0 Å². The smallest absolute Gasteiger partial charge is 0.338 e. The molecule has 0 N–H and O–H groups in total. The van der Waals surface area contributed by atoms with E-state index in [-0.39, 0.29) is 0 Å². The van der Waals surface area contributed by atoms with Crippen molar-refractivity contribution < 1.29 is 17.7 Å². The van der Waals surface area contributed by atoms with Crippen molar-refractivity contribution in [3.63, 3.8) is 0 Å². The summed E-state index contributed by atoms with van der Waals surface area (Å²) in [5.74, 6) is 1.71. The summed E-state index contributed by atoms with van der Waals surface area (Å²) in [5.41, 5.74) is 1.86. The Morgan fingerprint density at radius 1 is 0.886 bits per heavy atom. The Morgan fingerprint density at radius 3 is 2.20 bits per heavy atom. The summed E-state index contributed by atoms with van der Waals surface area (Å²) < 4.78 is 45.4. The molecule has 0 spiro atoms. The molecule has 0 amide bonds. The normalized spacial score (nSPS) is 15.5. The highest BCUT2D eigenvalue weighted by Gasteiger charge is 2.30. The van der Waals surface area contributed by atoms with Crippen molar-refractivity contribution in [2.45, 2.75) is 26.2 Å². The Balaban J connectivity index is 1.16. The molecule has 2 aromatic carbocycles. The quantitative estimate of drug-likeness (QED) is 0.412. The number of hydrogen-bond acceptors (Lipinski definition) is 8.